The molecule has 1 aliphatic carbocycles. The number of hydrogen-bond donors (Lipinski definition) is 0. The summed E-state index contributed by atoms with van der Waals surface area (Å²) in [5.74, 6) is 0.185. The van der Waals surface area contributed by atoms with Gasteiger partial charge in [0.2, 0.25) is 0 Å². The predicted molar refractivity (Wildman–Crippen MR) is 92.1 cm³/mol. The second-order valence-electron chi connectivity index (χ2n) is 5.16. The zero-order valence-corrected chi connectivity index (χ0v) is 14.7. The van der Waals surface area contributed by atoms with Crippen molar-refractivity contribution in [2.75, 3.05) is 13.6 Å². The van der Waals surface area contributed by atoms with Crippen LogP contribution in [0.1, 0.15) is 12.0 Å². The van der Waals surface area contributed by atoms with Crippen LogP contribution in [0.15, 0.2) is 40.9 Å². The molecule has 2 nitrogen and oxygen atoms in total. The van der Waals surface area contributed by atoms with Crippen LogP contribution in [0.3, 0.4) is 0 Å². The lowest BCUT2D eigenvalue weighted by atomic mass is 9.96. The fraction of sp³-hybridized carbons (Fsp3) is 0.312. The van der Waals surface area contributed by atoms with Gasteiger partial charge in [-0.1, -0.05) is 63.4 Å². The summed E-state index contributed by atoms with van der Waals surface area (Å²) in [7, 11) is 1.92. The maximum absolute atomic E-state index is 12.3. The summed E-state index contributed by atoms with van der Waals surface area (Å²) in [6.07, 6.45) is 6.67. The zero-order valence-electron chi connectivity index (χ0n) is 11.7. The first-order valence-corrected chi connectivity index (χ1v) is 8.19. The van der Waals surface area contributed by atoms with Crippen molar-refractivity contribution >= 4 is 44.9 Å². The lowest BCUT2D eigenvalue weighted by molar-refractivity contribution is -0.122. The van der Waals surface area contributed by atoms with Crippen molar-refractivity contribution in [2.45, 2.75) is 13.0 Å². The summed E-state index contributed by atoms with van der Waals surface area (Å²) in [6.45, 7) is 1.02. The third kappa shape index (κ3) is 4.96. The van der Waals surface area contributed by atoms with Crippen molar-refractivity contribution in [3.05, 3.63) is 56.5 Å². The average molecular weight is 389 g/mol. The van der Waals surface area contributed by atoms with Crippen molar-refractivity contribution in [1.82, 2.24) is 4.90 Å². The van der Waals surface area contributed by atoms with Gasteiger partial charge in [0.05, 0.1) is 6.54 Å². The highest BCUT2D eigenvalue weighted by atomic mass is 79.9. The molecule has 0 N–H and O–H groups in total. The zero-order chi connectivity index (χ0) is 15.4. The minimum absolute atomic E-state index is 0.0329. The van der Waals surface area contributed by atoms with Crippen LogP contribution in [-0.4, -0.2) is 24.3 Å². The van der Waals surface area contributed by atoms with E-state index in [1.807, 2.05) is 42.3 Å². The Kier molecular flexibility index (Phi) is 6.06. The minimum atomic E-state index is -0.0329. The number of carbonyl (C=O) groups excluding carboxylic acids is 1. The Morgan fingerprint density at radius 3 is 2.81 bits per heavy atom. The van der Waals surface area contributed by atoms with Crippen LogP contribution in [0.2, 0.25) is 10.0 Å². The molecule has 0 heterocycles. The van der Waals surface area contributed by atoms with E-state index in [2.05, 4.69) is 15.9 Å². The van der Waals surface area contributed by atoms with E-state index in [0.29, 0.717) is 23.1 Å². The Morgan fingerprint density at radius 2 is 2.19 bits per heavy atom. The number of likely N-dealkylation sites (N-methyl/N-ethyl adjacent to an activating group) is 1. The van der Waals surface area contributed by atoms with Crippen molar-refractivity contribution < 1.29 is 4.79 Å². The molecule has 1 unspecified atom stereocenters. The van der Waals surface area contributed by atoms with E-state index in [0.717, 1.165) is 16.5 Å². The van der Waals surface area contributed by atoms with Gasteiger partial charge in [-0.2, -0.15) is 0 Å². The molecule has 0 spiro atoms. The minimum Gasteiger partial charge on any atom is -0.298 e. The third-order valence-corrected chi connectivity index (χ3v) is 4.52. The number of hydrogen-bond acceptors (Lipinski definition) is 2. The standard InChI is InChI=1S/C16H16BrCl2NO/c1-20(9-12-4-7-14(18)8-15(12)19)10-16(21)11-2-5-13(17)6-3-11/h2,4-8,11H,3,9-10H2,1H3. The second-order valence-corrected chi connectivity index (χ2v) is 6.92. The SMILES string of the molecule is CN(CC(=O)C1C=CC(Br)=CC1)Cc1ccc(Cl)cc1Cl. The van der Waals surface area contributed by atoms with Gasteiger partial charge in [0.15, 0.2) is 5.78 Å². The average Bonchev–Trinajstić information content (AvgIpc) is 2.42. The molecule has 112 valence electrons. The van der Waals surface area contributed by atoms with Gasteiger partial charge in [-0.15, -0.1) is 0 Å². The summed E-state index contributed by atoms with van der Waals surface area (Å²) in [5.41, 5.74) is 0.971. The van der Waals surface area contributed by atoms with E-state index in [4.69, 9.17) is 23.2 Å². The first kappa shape index (κ1) is 16.8. The number of ketones is 1. The number of allylic oxidation sites excluding steroid dienone is 4. The number of Topliss-reactive ketones (excluding diaryl/α,β-unsaturated/α-hetero) is 1. The topological polar surface area (TPSA) is 20.3 Å². The Balaban J connectivity index is 1.91. The molecule has 0 saturated carbocycles. The summed E-state index contributed by atoms with van der Waals surface area (Å²) in [5, 5.41) is 1.25. The first-order chi connectivity index (χ1) is 9.95. The molecular weight excluding hydrogens is 373 g/mol. The van der Waals surface area contributed by atoms with Crippen LogP contribution in [0.5, 0.6) is 0 Å². The van der Waals surface area contributed by atoms with Crippen LogP contribution in [0.25, 0.3) is 0 Å². The second kappa shape index (κ2) is 7.59. The van der Waals surface area contributed by atoms with Crippen molar-refractivity contribution in [2.24, 2.45) is 5.92 Å². The van der Waals surface area contributed by atoms with Gasteiger partial charge in [-0.3, -0.25) is 9.69 Å². The lowest BCUT2D eigenvalue weighted by Crippen LogP contribution is -2.29. The molecular formula is C16H16BrCl2NO. The summed E-state index contributed by atoms with van der Waals surface area (Å²) < 4.78 is 1.04. The Labute approximate surface area is 143 Å². The molecule has 1 aromatic rings. The van der Waals surface area contributed by atoms with Gasteiger partial charge < -0.3 is 0 Å². The van der Waals surface area contributed by atoms with Crippen molar-refractivity contribution in [3.63, 3.8) is 0 Å². The molecule has 1 atom stereocenters. The number of nitrogens with zero attached hydrogens (tertiary/aromatic N) is 1. The molecule has 5 heteroatoms. The molecule has 0 radical (unpaired) electrons. The van der Waals surface area contributed by atoms with Crippen LogP contribution in [0, 0.1) is 5.92 Å². The molecule has 1 aromatic carbocycles. The van der Waals surface area contributed by atoms with Gasteiger partial charge in [-0.05, 0) is 31.2 Å². The van der Waals surface area contributed by atoms with E-state index in [1.165, 1.54) is 0 Å². The van der Waals surface area contributed by atoms with Crippen molar-refractivity contribution in [3.8, 4) is 0 Å². The van der Waals surface area contributed by atoms with E-state index in [9.17, 15) is 4.79 Å². The Bertz CT molecular complexity index is 598. The van der Waals surface area contributed by atoms with Crippen LogP contribution >= 0.6 is 39.1 Å². The Morgan fingerprint density at radius 1 is 1.43 bits per heavy atom. The lowest BCUT2D eigenvalue weighted by Gasteiger charge is -2.20. The van der Waals surface area contributed by atoms with Crippen LogP contribution in [0.4, 0.5) is 0 Å². The number of halogens is 3. The summed E-state index contributed by atoms with van der Waals surface area (Å²) in [6, 6.07) is 5.43. The molecule has 0 aromatic heterocycles. The van der Waals surface area contributed by atoms with E-state index < -0.39 is 0 Å². The van der Waals surface area contributed by atoms with Gasteiger partial charge in [0.25, 0.3) is 0 Å². The highest BCUT2D eigenvalue weighted by Crippen LogP contribution is 2.23. The van der Waals surface area contributed by atoms with Crippen LogP contribution in [-0.2, 0) is 11.3 Å². The Hall–Kier alpha value is -0.610. The number of rotatable bonds is 5. The van der Waals surface area contributed by atoms with Crippen LogP contribution < -0.4 is 0 Å². The van der Waals surface area contributed by atoms with Gasteiger partial charge in [0.1, 0.15) is 0 Å². The van der Waals surface area contributed by atoms with E-state index in [-0.39, 0.29) is 11.7 Å². The number of carbonyl (C=O) groups is 1. The third-order valence-electron chi connectivity index (χ3n) is 3.35. The van der Waals surface area contributed by atoms with Gasteiger partial charge in [-0.25, -0.2) is 0 Å². The smallest absolute Gasteiger partial charge is 0.153 e. The molecule has 0 bridgehead atoms. The normalized spacial score (nSPS) is 18.0. The maximum atomic E-state index is 12.3. The molecule has 21 heavy (non-hydrogen) atoms. The summed E-state index contributed by atoms with van der Waals surface area (Å²) in [4.78, 5) is 14.2. The molecule has 1 aliphatic rings. The maximum Gasteiger partial charge on any atom is 0.153 e. The monoisotopic (exact) mass is 387 g/mol. The molecule has 0 amide bonds. The summed E-state index contributed by atoms with van der Waals surface area (Å²) >= 11 is 15.4. The predicted octanol–water partition coefficient (Wildman–Crippen LogP) is 4.85. The molecule has 0 saturated heterocycles. The van der Waals surface area contributed by atoms with Gasteiger partial charge >= 0.3 is 0 Å². The first-order valence-electron chi connectivity index (χ1n) is 6.65. The van der Waals surface area contributed by atoms with E-state index >= 15 is 0 Å². The van der Waals surface area contributed by atoms with Crippen molar-refractivity contribution in [1.29, 1.82) is 0 Å². The van der Waals surface area contributed by atoms with E-state index in [1.54, 1.807) is 6.07 Å². The highest BCUT2D eigenvalue weighted by Gasteiger charge is 2.18. The fourth-order valence-electron chi connectivity index (χ4n) is 2.21. The quantitative estimate of drug-likeness (QED) is 0.718. The molecule has 2 rings (SSSR count). The van der Waals surface area contributed by atoms with Gasteiger partial charge in [0, 0.05) is 27.0 Å². The fourth-order valence-corrected chi connectivity index (χ4v) is 3.02. The number of benzene rings is 1. The molecule has 0 aliphatic heterocycles. The highest BCUT2D eigenvalue weighted by molar-refractivity contribution is 9.11. The molecule has 0 fully saturated rings. The largest absolute Gasteiger partial charge is 0.298 e.